The summed E-state index contributed by atoms with van der Waals surface area (Å²) in [4.78, 5) is 25.8. The van der Waals surface area contributed by atoms with Crippen LogP contribution in [0.15, 0.2) is 0 Å². The fourth-order valence-electron chi connectivity index (χ4n) is 3.60. The zero-order chi connectivity index (χ0) is 15.3. The Labute approximate surface area is 126 Å². The van der Waals surface area contributed by atoms with Gasteiger partial charge in [0, 0.05) is 26.2 Å². The molecule has 2 saturated heterocycles. The molecule has 120 valence electrons. The second-order valence-electron chi connectivity index (χ2n) is 6.42. The van der Waals surface area contributed by atoms with E-state index in [1.165, 1.54) is 0 Å². The fraction of sp³-hybridized carbons (Fsp3) is 0.867. The Morgan fingerprint density at radius 1 is 1.43 bits per heavy atom. The molecule has 3 amide bonds. The van der Waals surface area contributed by atoms with Crippen molar-refractivity contribution in [2.75, 3.05) is 32.7 Å². The zero-order valence-electron chi connectivity index (χ0n) is 13.0. The number of piperidine rings is 2. The highest BCUT2D eigenvalue weighted by atomic mass is 16.2. The minimum absolute atomic E-state index is 0.225. The molecule has 2 fully saturated rings. The molecule has 2 aliphatic rings. The van der Waals surface area contributed by atoms with Crippen LogP contribution in [-0.4, -0.2) is 49.6 Å². The van der Waals surface area contributed by atoms with Gasteiger partial charge in [-0.2, -0.15) is 0 Å². The van der Waals surface area contributed by atoms with E-state index in [0.29, 0.717) is 18.4 Å². The van der Waals surface area contributed by atoms with Crippen molar-refractivity contribution in [1.29, 1.82) is 0 Å². The molecule has 0 bridgehead atoms. The van der Waals surface area contributed by atoms with Crippen molar-refractivity contribution >= 4 is 11.9 Å². The molecule has 0 saturated carbocycles. The normalized spacial score (nSPS) is 30.0. The van der Waals surface area contributed by atoms with Gasteiger partial charge in [-0.25, -0.2) is 4.79 Å². The van der Waals surface area contributed by atoms with Crippen molar-refractivity contribution in [2.45, 2.75) is 39.0 Å². The van der Waals surface area contributed by atoms with Crippen LogP contribution >= 0.6 is 0 Å². The lowest BCUT2D eigenvalue weighted by Crippen LogP contribution is -2.54. The first-order valence-electron chi connectivity index (χ1n) is 8.11. The minimum atomic E-state index is -0.486. The van der Waals surface area contributed by atoms with E-state index in [2.05, 4.69) is 17.6 Å². The maximum Gasteiger partial charge on any atom is 0.312 e. The lowest BCUT2D eigenvalue weighted by molar-refractivity contribution is -0.145. The number of nitrogens with zero attached hydrogens (tertiary/aromatic N) is 1. The van der Waals surface area contributed by atoms with Crippen molar-refractivity contribution in [1.82, 2.24) is 15.5 Å². The van der Waals surface area contributed by atoms with E-state index in [1.807, 2.05) is 4.90 Å². The standard InChI is InChI=1S/C15H28N4O2/c1-2-15(6-4-7-17-11-15)13(20)19-8-3-5-12(10-19)9-18-14(16)21/h12,17H,2-11H2,1H3,(H3,16,18,21). The maximum atomic E-state index is 13.0. The summed E-state index contributed by atoms with van der Waals surface area (Å²) in [5, 5.41) is 6.04. The van der Waals surface area contributed by atoms with Crippen molar-refractivity contribution in [2.24, 2.45) is 17.1 Å². The van der Waals surface area contributed by atoms with E-state index >= 15 is 0 Å². The number of amides is 3. The van der Waals surface area contributed by atoms with E-state index in [1.54, 1.807) is 0 Å². The quantitative estimate of drug-likeness (QED) is 0.712. The van der Waals surface area contributed by atoms with Gasteiger partial charge in [-0.1, -0.05) is 6.92 Å². The topological polar surface area (TPSA) is 87.5 Å². The third-order valence-electron chi connectivity index (χ3n) is 4.97. The Morgan fingerprint density at radius 3 is 2.86 bits per heavy atom. The van der Waals surface area contributed by atoms with Crippen LogP contribution in [0.4, 0.5) is 4.79 Å². The van der Waals surface area contributed by atoms with Crippen LogP contribution in [0, 0.1) is 11.3 Å². The monoisotopic (exact) mass is 296 g/mol. The predicted octanol–water partition coefficient (Wildman–Crippen LogP) is 0.673. The van der Waals surface area contributed by atoms with Gasteiger partial charge in [-0.3, -0.25) is 4.79 Å². The second-order valence-corrected chi connectivity index (χ2v) is 6.42. The highest BCUT2D eigenvalue weighted by Crippen LogP contribution is 2.33. The third kappa shape index (κ3) is 3.87. The Bertz CT molecular complexity index is 380. The average molecular weight is 296 g/mol. The summed E-state index contributed by atoms with van der Waals surface area (Å²) in [6, 6.07) is -0.486. The molecule has 6 heteroatoms. The summed E-state index contributed by atoms with van der Waals surface area (Å²) in [5.74, 6) is 0.613. The summed E-state index contributed by atoms with van der Waals surface area (Å²) in [6.45, 7) is 6.06. The van der Waals surface area contributed by atoms with Crippen LogP contribution < -0.4 is 16.4 Å². The Kier molecular flexibility index (Phi) is 5.45. The third-order valence-corrected chi connectivity index (χ3v) is 4.97. The Morgan fingerprint density at radius 2 is 2.24 bits per heavy atom. The molecule has 2 heterocycles. The van der Waals surface area contributed by atoms with Crippen LogP contribution in [0.2, 0.25) is 0 Å². The van der Waals surface area contributed by atoms with Gasteiger partial charge in [0.1, 0.15) is 0 Å². The first-order chi connectivity index (χ1) is 10.1. The summed E-state index contributed by atoms with van der Waals surface area (Å²) < 4.78 is 0. The molecule has 0 radical (unpaired) electrons. The molecule has 6 nitrogen and oxygen atoms in total. The molecule has 2 atom stereocenters. The highest BCUT2D eigenvalue weighted by Gasteiger charge is 2.41. The molecule has 0 spiro atoms. The highest BCUT2D eigenvalue weighted by molar-refractivity contribution is 5.83. The van der Waals surface area contributed by atoms with Gasteiger partial charge in [0.15, 0.2) is 0 Å². The molecule has 2 unspecified atom stereocenters. The number of hydrogen-bond acceptors (Lipinski definition) is 3. The second kappa shape index (κ2) is 7.11. The SMILES string of the molecule is CCC1(C(=O)N2CCCC(CNC(N)=O)C2)CCCNC1. The number of nitrogens with two attached hydrogens (primary N) is 1. The molecular formula is C15H28N4O2. The number of urea groups is 1. The van der Waals surface area contributed by atoms with Crippen LogP contribution in [0.1, 0.15) is 39.0 Å². The Balaban J connectivity index is 1.95. The van der Waals surface area contributed by atoms with Crippen LogP contribution in [0.5, 0.6) is 0 Å². The lowest BCUT2D eigenvalue weighted by Gasteiger charge is -2.42. The smallest absolute Gasteiger partial charge is 0.312 e. The van der Waals surface area contributed by atoms with Gasteiger partial charge in [0.2, 0.25) is 5.91 Å². The maximum absolute atomic E-state index is 13.0. The van der Waals surface area contributed by atoms with Crippen LogP contribution in [-0.2, 0) is 4.79 Å². The molecular weight excluding hydrogens is 268 g/mol. The van der Waals surface area contributed by atoms with Gasteiger partial charge in [0.25, 0.3) is 0 Å². The van der Waals surface area contributed by atoms with E-state index in [4.69, 9.17) is 5.73 Å². The number of carbonyl (C=O) groups excluding carboxylic acids is 2. The molecule has 0 aromatic rings. The summed E-state index contributed by atoms with van der Waals surface area (Å²) in [7, 11) is 0. The van der Waals surface area contributed by atoms with Crippen LogP contribution in [0.25, 0.3) is 0 Å². The summed E-state index contributed by atoms with van der Waals surface area (Å²) >= 11 is 0. The predicted molar refractivity (Wildman–Crippen MR) is 81.7 cm³/mol. The molecule has 4 N–H and O–H groups in total. The van der Waals surface area contributed by atoms with Gasteiger partial charge in [-0.05, 0) is 44.6 Å². The van der Waals surface area contributed by atoms with E-state index in [0.717, 1.165) is 58.3 Å². The number of primary amides is 1. The minimum Gasteiger partial charge on any atom is -0.352 e. The number of rotatable bonds is 4. The molecule has 2 aliphatic heterocycles. The largest absolute Gasteiger partial charge is 0.352 e. The van der Waals surface area contributed by atoms with Gasteiger partial charge in [-0.15, -0.1) is 0 Å². The summed E-state index contributed by atoms with van der Waals surface area (Å²) in [5.41, 5.74) is 4.90. The molecule has 0 aromatic carbocycles. The summed E-state index contributed by atoms with van der Waals surface area (Å²) in [6.07, 6.45) is 4.99. The molecule has 21 heavy (non-hydrogen) atoms. The zero-order valence-corrected chi connectivity index (χ0v) is 13.0. The van der Waals surface area contributed by atoms with Crippen molar-refractivity contribution in [3.8, 4) is 0 Å². The van der Waals surface area contributed by atoms with E-state index in [9.17, 15) is 9.59 Å². The molecule has 0 aliphatic carbocycles. The van der Waals surface area contributed by atoms with E-state index in [-0.39, 0.29) is 5.41 Å². The average Bonchev–Trinajstić information content (AvgIpc) is 2.53. The first kappa shape index (κ1) is 16.1. The number of nitrogens with one attached hydrogen (secondary N) is 2. The number of hydrogen-bond donors (Lipinski definition) is 3. The first-order valence-corrected chi connectivity index (χ1v) is 8.11. The van der Waals surface area contributed by atoms with Gasteiger partial charge < -0.3 is 21.3 Å². The molecule has 2 rings (SSSR count). The van der Waals surface area contributed by atoms with Crippen molar-refractivity contribution in [3.05, 3.63) is 0 Å². The fourth-order valence-corrected chi connectivity index (χ4v) is 3.60. The van der Waals surface area contributed by atoms with Crippen molar-refractivity contribution < 1.29 is 9.59 Å². The van der Waals surface area contributed by atoms with Gasteiger partial charge in [0.05, 0.1) is 5.41 Å². The number of carbonyl (C=O) groups is 2. The lowest BCUT2D eigenvalue weighted by atomic mass is 9.76. The Hall–Kier alpha value is -1.30. The number of likely N-dealkylation sites (tertiary alicyclic amines) is 1. The van der Waals surface area contributed by atoms with Crippen molar-refractivity contribution in [3.63, 3.8) is 0 Å². The van der Waals surface area contributed by atoms with Crippen LogP contribution in [0.3, 0.4) is 0 Å². The molecule has 0 aromatic heterocycles. The van der Waals surface area contributed by atoms with Gasteiger partial charge >= 0.3 is 6.03 Å². The van der Waals surface area contributed by atoms with E-state index < -0.39 is 6.03 Å².